The molecule has 2 N–H and O–H groups in total. The molecule has 188 valence electrons. The number of para-hydroxylation sites is 1. The van der Waals surface area contributed by atoms with Crippen molar-refractivity contribution in [1.29, 1.82) is 0 Å². The monoisotopic (exact) mass is 515 g/mol. The second-order valence-corrected chi connectivity index (χ2v) is 9.92. The van der Waals surface area contributed by atoms with Crippen molar-refractivity contribution in [3.63, 3.8) is 0 Å². The summed E-state index contributed by atoms with van der Waals surface area (Å²) >= 11 is 5.99. The maximum atomic E-state index is 13.8. The van der Waals surface area contributed by atoms with Gasteiger partial charge in [-0.05, 0) is 53.4 Å². The summed E-state index contributed by atoms with van der Waals surface area (Å²) in [6.45, 7) is 0.435. The number of nitrogens with one attached hydrogen (secondary N) is 1. The smallest absolute Gasteiger partial charge is 0.246 e. The molecule has 9 heteroatoms. The number of H-pyrrole nitrogens is 1. The molecule has 2 amide bonds. The lowest BCUT2D eigenvalue weighted by atomic mass is 9.86. The lowest BCUT2D eigenvalue weighted by molar-refractivity contribution is -0.158. The van der Waals surface area contributed by atoms with Crippen LogP contribution in [0.5, 0.6) is 0 Å². The predicted molar refractivity (Wildman–Crippen MR) is 140 cm³/mol. The van der Waals surface area contributed by atoms with E-state index in [4.69, 9.17) is 11.6 Å². The fraction of sp³-hybridized carbons (Fsp3) is 0.214. The van der Waals surface area contributed by atoms with Crippen LogP contribution < -0.4 is 5.23 Å². The first kappa shape index (κ1) is 23.5. The summed E-state index contributed by atoms with van der Waals surface area (Å²) in [6, 6.07) is 20.7. The van der Waals surface area contributed by atoms with Gasteiger partial charge >= 0.3 is 0 Å². The van der Waals surface area contributed by atoms with Gasteiger partial charge in [0.1, 0.15) is 6.04 Å². The number of anilines is 1. The first-order chi connectivity index (χ1) is 17.9. The number of amides is 2. The van der Waals surface area contributed by atoms with Gasteiger partial charge < -0.3 is 25.2 Å². The molecule has 3 aromatic carbocycles. The summed E-state index contributed by atoms with van der Waals surface area (Å²) in [5.41, 5.74) is 4.70. The van der Waals surface area contributed by atoms with Gasteiger partial charge in [-0.1, -0.05) is 54.1 Å². The van der Waals surface area contributed by atoms with Gasteiger partial charge in [-0.2, -0.15) is 0 Å². The number of hydrogen-bond donors (Lipinski definition) is 2. The molecule has 2 aliphatic heterocycles. The first-order valence-electron chi connectivity index (χ1n) is 12.1. The fourth-order valence-electron chi connectivity index (χ4n) is 5.56. The van der Waals surface area contributed by atoms with E-state index in [0.717, 1.165) is 33.3 Å². The van der Waals surface area contributed by atoms with Crippen LogP contribution in [-0.4, -0.2) is 50.9 Å². The number of piperazine rings is 1. The van der Waals surface area contributed by atoms with E-state index in [1.54, 1.807) is 21.9 Å². The van der Waals surface area contributed by atoms with Crippen LogP contribution >= 0.6 is 11.6 Å². The van der Waals surface area contributed by atoms with Gasteiger partial charge in [0, 0.05) is 34.6 Å². The Morgan fingerprint density at radius 1 is 1.03 bits per heavy atom. The first-order valence-corrected chi connectivity index (χ1v) is 12.5. The summed E-state index contributed by atoms with van der Waals surface area (Å²) < 4.78 is 0. The zero-order valence-electron chi connectivity index (χ0n) is 19.8. The van der Waals surface area contributed by atoms with Crippen LogP contribution in [-0.2, 0) is 22.4 Å². The van der Waals surface area contributed by atoms with E-state index >= 15 is 0 Å². The molecule has 0 radical (unpaired) electrons. The van der Waals surface area contributed by atoms with E-state index in [1.807, 2.05) is 48.5 Å². The molecule has 37 heavy (non-hydrogen) atoms. The summed E-state index contributed by atoms with van der Waals surface area (Å²) in [6.07, 6.45) is 1.04. The third kappa shape index (κ3) is 4.13. The molecule has 0 spiro atoms. The van der Waals surface area contributed by atoms with Gasteiger partial charge in [0.25, 0.3) is 0 Å². The van der Waals surface area contributed by atoms with E-state index in [0.29, 0.717) is 24.4 Å². The number of carbonyl (C=O) groups is 2. The SMILES string of the molecule is O=C1C2Cc3c([nH]c4ccccc34)C(c3ccc(N([O-])O)cc3)N2C(=O)CN1CCc1ccc(Cl)cc1. The third-order valence-corrected chi connectivity index (χ3v) is 7.61. The Kier molecular flexibility index (Phi) is 5.87. The standard InChI is InChI=1S/C28H24ClN4O4/c29-19-9-5-17(6-10-19)13-14-31-16-25(34)32-24(28(31)35)15-22-21-3-1-2-4-23(21)30-26(22)27(32)18-7-11-20(12-8-18)33(36)37/h1-12,24,27,30,36H,13-16H2/q-1. The molecule has 4 aromatic rings. The number of aromatic amines is 1. The molecule has 2 aliphatic rings. The van der Waals surface area contributed by atoms with Gasteiger partial charge in [0.05, 0.1) is 18.3 Å². The molecule has 8 nitrogen and oxygen atoms in total. The Bertz CT molecular complexity index is 1480. The zero-order valence-corrected chi connectivity index (χ0v) is 20.6. The summed E-state index contributed by atoms with van der Waals surface area (Å²) in [5, 5.41) is 22.1. The van der Waals surface area contributed by atoms with Gasteiger partial charge in [-0.25, -0.2) is 0 Å². The summed E-state index contributed by atoms with van der Waals surface area (Å²) in [5.74, 6) is -0.209. The minimum Gasteiger partial charge on any atom is -0.733 e. The van der Waals surface area contributed by atoms with Crippen molar-refractivity contribution in [3.8, 4) is 0 Å². The number of hydrogen-bond acceptors (Lipinski definition) is 5. The molecule has 1 saturated heterocycles. The van der Waals surface area contributed by atoms with Gasteiger partial charge in [-0.3, -0.25) is 14.8 Å². The molecule has 2 unspecified atom stereocenters. The van der Waals surface area contributed by atoms with Crippen LogP contribution in [0.4, 0.5) is 5.69 Å². The number of fused-ring (bicyclic) bond motifs is 4. The molecule has 0 saturated carbocycles. The van der Waals surface area contributed by atoms with Crippen molar-refractivity contribution in [2.45, 2.75) is 24.9 Å². The Morgan fingerprint density at radius 2 is 1.76 bits per heavy atom. The van der Waals surface area contributed by atoms with Crippen molar-refractivity contribution in [3.05, 3.63) is 105 Å². The molecule has 1 fully saturated rings. The number of halogens is 1. The second kappa shape index (κ2) is 9.23. The Hall–Kier alpha value is -3.85. The van der Waals surface area contributed by atoms with E-state index in [1.165, 1.54) is 12.1 Å². The molecule has 3 heterocycles. The molecular weight excluding hydrogens is 492 g/mol. The number of carbonyl (C=O) groups excluding carboxylic acids is 2. The second-order valence-electron chi connectivity index (χ2n) is 9.49. The van der Waals surface area contributed by atoms with Crippen molar-refractivity contribution in [1.82, 2.24) is 14.8 Å². The number of rotatable bonds is 5. The highest BCUT2D eigenvalue weighted by molar-refractivity contribution is 6.30. The Labute approximate surface area is 218 Å². The average Bonchev–Trinajstić information content (AvgIpc) is 3.28. The summed E-state index contributed by atoms with van der Waals surface area (Å²) in [4.78, 5) is 34.2. The molecular formula is C28H24ClN4O4-. The van der Waals surface area contributed by atoms with Crippen LogP contribution in [0.3, 0.4) is 0 Å². The third-order valence-electron chi connectivity index (χ3n) is 7.36. The maximum Gasteiger partial charge on any atom is 0.246 e. The topological polar surface area (TPSA) is 103 Å². The average molecular weight is 516 g/mol. The van der Waals surface area contributed by atoms with Crippen molar-refractivity contribution < 1.29 is 14.8 Å². The number of aromatic nitrogens is 1. The lowest BCUT2D eigenvalue weighted by Crippen LogP contribution is -2.63. The van der Waals surface area contributed by atoms with Crippen molar-refractivity contribution in [2.24, 2.45) is 0 Å². The fourth-order valence-corrected chi connectivity index (χ4v) is 5.68. The van der Waals surface area contributed by atoms with E-state index in [9.17, 15) is 20.0 Å². The predicted octanol–water partition coefficient (Wildman–Crippen LogP) is 4.44. The van der Waals surface area contributed by atoms with E-state index in [-0.39, 0.29) is 29.3 Å². The lowest BCUT2D eigenvalue weighted by Gasteiger charge is -2.47. The van der Waals surface area contributed by atoms with Crippen LogP contribution in [0.15, 0.2) is 72.8 Å². The highest BCUT2D eigenvalue weighted by Crippen LogP contribution is 2.42. The van der Waals surface area contributed by atoms with Gasteiger partial charge in [0.2, 0.25) is 11.8 Å². The minimum atomic E-state index is -0.642. The van der Waals surface area contributed by atoms with Crippen LogP contribution in [0, 0.1) is 5.21 Å². The highest BCUT2D eigenvalue weighted by Gasteiger charge is 2.48. The molecule has 2 atom stereocenters. The zero-order chi connectivity index (χ0) is 25.7. The molecule has 6 rings (SSSR count). The van der Waals surface area contributed by atoms with E-state index in [2.05, 4.69) is 4.98 Å². The molecule has 1 aromatic heterocycles. The number of benzene rings is 3. The normalized spacial score (nSPS) is 19.2. The van der Waals surface area contributed by atoms with Crippen molar-refractivity contribution in [2.75, 3.05) is 18.3 Å². The molecule has 0 bridgehead atoms. The van der Waals surface area contributed by atoms with Crippen LogP contribution in [0.2, 0.25) is 5.02 Å². The quantitative estimate of drug-likeness (QED) is 0.382. The van der Waals surface area contributed by atoms with Gasteiger partial charge in [-0.15, -0.1) is 0 Å². The number of nitrogens with zero attached hydrogens (tertiary/aromatic N) is 3. The molecule has 0 aliphatic carbocycles. The van der Waals surface area contributed by atoms with Crippen LogP contribution in [0.1, 0.15) is 28.4 Å². The summed E-state index contributed by atoms with van der Waals surface area (Å²) in [7, 11) is 0. The Morgan fingerprint density at radius 3 is 2.49 bits per heavy atom. The highest BCUT2D eigenvalue weighted by atomic mass is 35.5. The van der Waals surface area contributed by atoms with Crippen LogP contribution in [0.25, 0.3) is 10.9 Å². The maximum absolute atomic E-state index is 13.8. The van der Waals surface area contributed by atoms with E-state index < -0.39 is 12.1 Å². The largest absolute Gasteiger partial charge is 0.733 e. The van der Waals surface area contributed by atoms with Crippen molar-refractivity contribution >= 4 is 40.0 Å². The van der Waals surface area contributed by atoms with Gasteiger partial charge in [0.15, 0.2) is 0 Å². The minimum absolute atomic E-state index is 0.00194. The Balaban J connectivity index is 1.37.